The number of anilines is 1. The van der Waals surface area contributed by atoms with E-state index in [2.05, 4.69) is 27.9 Å². The quantitative estimate of drug-likeness (QED) is 0.812. The van der Waals surface area contributed by atoms with E-state index >= 15 is 0 Å². The van der Waals surface area contributed by atoms with Crippen LogP contribution < -0.4 is 10.2 Å². The Morgan fingerprint density at radius 2 is 2.00 bits per heavy atom. The lowest BCUT2D eigenvalue weighted by Crippen LogP contribution is -2.64. The molecule has 1 aromatic carbocycles. The van der Waals surface area contributed by atoms with Gasteiger partial charge in [-0.25, -0.2) is 0 Å². The predicted octanol–water partition coefficient (Wildman–Crippen LogP) is 2.56. The molecule has 20 heavy (non-hydrogen) atoms. The summed E-state index contributed by atoms with van der Waals surface area (Å²) in [6, 6.07) is 6.75. The maximum Gasteiger partial charge on any atom is 0.250 e. The van der Waals surface area contributed by atoms with Crippen molar-refractivity contribution in [2.24, 2.45) is 5.92 Å². The molecule has 0 saturated carbocycles. The van der Waals surface area contributed by atoms with Gasteiger partial charge in [-0.15, -0.1) is 0 Å². The number of piperazine rings is 1. The molecule has 2 amide bonds. The zero-order valence-electron chi connectivity index (χ0n) is 11.9. The second-order valence-electron chi connectivity index (χ2n) is 5.21. The Bertz CT molecular complexity index is 532. The minimum atomic E-state index is -0.473. The summed E-state index contributed by atoms with van der Waals surface area (Å²) in [5.41, 5.74) is 0.814. The fourth-order valence-corrected chi connectivity index (χ4v) is 3.04. The summed E-state index contributed by atoms with van der Waals surface area (Å²) < 4.78 is 0.975. The van der Waals surface area contributed by atoms with Gasteiger partial charge in [0, 0.05) is 3.57 Å². The molecule has 4 nitrogen and oxygen atoms in total. The van der Waals surface area contributed by atoms with Gasteiger partial charge in [0.2, 0.25) is 5.91 Å². The van der Waals surface area contributed by atoms with Gasteiger partial charge in [-0.05, 0) is 47.6 Å². The third-order valence-corrected chi connectivity index (χ3v) is 4.81. The molecule has 0 bridgehead atoms. The summed E-state index contributed by atoms with van der Waals surface area (Å²) in [7, 11) is 0. The standard InChI is InChI=1S/C15H19IN2O2/c1-4-9(2)13-15(20)18(10(3)14(19)17-13)12-8-6-5-7-11(12)16/h5-10,13H,4H2,1-3H3,(H,17,19). The topological polar surface area (TPSA) is 49.4 Å². The van der Waals surface area contributed by atoms with Crippen LogP contribution in [-0.2, 0) is 9.59 Å². The molecule has 1 heterocycles. The number of rotatable bonds is 3. The average Bonchev–Trinajstić information content (AvgIpc) is 2.44. The van der Waals surface area contributed by atoms with E-state index in [-0.39, 0.29) is 17.7 Å². The molecule has 1 N–H and O–H groups in total. The van der Waals surface area contributed by atoms with Crippen molar-refractivity contribution in [2.75, 3.05) is 4.90 Å². The molecule has 1 fully saturated rings. The number of carbonyl (C=O) groups is 2. The van der Waals surface area contributed by atoms with Crippen LogP contribution in [0.2, 0.25) is 0 Å². The van der Waals surface area contributed by atoms with Crippen LogP contribution >= 0.6 is 22.6 Å². The summed E-state index contributed by atoms with van der Waals surface area (Å²) in [4.78, 5) is 26.5. The lowest BCUT2D eigenvalue weighted by Gasteiger charge is -2.39. The molecule has 0 spiro atoms. The summed E-state index contributed by atoms with van der Waals surface area (Å²) in [6.45, 7) is 5.79. The van der Waals surface area contributed by atoms with Gasteiger partial charge in [0.25, 0.3) is 5.91 Å². The van der Waals surface area contributed by atoms with Crippen molar-refractivity contribution >= 4 is 40.1 Å². The van der Waals surface area contributed by atoms with Crippen molar-refractivity contribution in [2.45, 2.75) is 39.3 Å². The van der Waals surface area contributed by atoms with Crippen molar-refractivity contribution in [1.29, 1.82) is 0 Å². The summed E-state index contributed by atoms with van der Waals surface area (Å²) in [5.74, 6) is 0.0212. The van der Waals surface area contributed by atoms with Gasteiger partial charge in [0.15, 0.2) is 0 Å². The van der Waals surface area contributed by atoms with Crippen molar-refractivity contribution in [1.82, 2.24) is 5.32 Å². The number of nitrogens with zero attached hydrogens (tertiary/aromatic N) is 1. The first kappa shape index (κ1) is 15.3. The first-order valence-corrected chi connectivity index (χ1v) is 7.93. The van der Waals surface area contributed by atoms with E-state index in [0.29, 0.717) is 0 Å². The Morgan fingerprint density at radius 1 is 1.35 bits per heavy atom. The van der Waals surface area contributed by atoms with E-state index in [1.165, 1.54) is 0 Å². The lowest BCUT2D eigenvalue weighted by atomic mass is 9.94. The molecular formula is C15H19IN2O2. The fraction of sp³-hybridized carbons (Fsp3) is 0.467. The highest BCUT2D eigenvalue weighted by molar-refractivity contribution is 14.1. The molecular weight excluding hydrogens is 367 g/mol. The minimum Gasteiger partial charge on any atom is -0.342 e. The van der Waals surface area contributed by atoms with Gasteiger partial charge in [-0.3, -0.25) is 14.5 Å². The largest absolute Gasteiger partial charge is 0.342 e. The van der Waals surface area contributed by atoms with Gasteiger partial charge in [0.05, 0.1) is 5.69 Å². The number of nitrogens with one attached hydrogen (secondary N) is 1. The van der Waals surface area contributed by atoms with Crippen LogP contribution in [0, 0.1) is 9.49 Å². The number of benzene rings is 1. The summed E-state index contributed by atoms with van der Waals surface area (Å²) in [5, 5.41) is 2.85. The highest BCUT2D eigenvalue weighted by Gasteiger charge is 2.41. The van der Waals surface area contributed by atoms with E-state index < -0.39 is 12.1 Å². The number of hydrogen-bond acceptors (Lipinski definition) is 2. The number of carbonyl (C=O) groups excluding carboxylic acids is 2. The summed E-state index contributed by atoms with van der Waals surface area (Å²) >= 11 is 2.20. The molecule has 108 valence electrons. The molecule has 1 aromatic rings. The van der Waals surface area contributed by atoms with E-state index in [9.17, 15) is 9.59 Å². The van der Waals surface area contributed by atoms with E-state index in [1.54, 1.807) is 11.8 Å². The monoisotopic (exact) mass is 386 g/mol. The highest BCUT2D eigenvalue weighted by atomic mass is 127. The second-order valence-corrected chi connectivity index (χ2v) is 6.37. The Kier molecular flexibility index (Phi) is 4.67. The predicted molar refractivity (Wildman–Crippen MR) is 87.5 cm³/mol. The first-order valence-electron chi connectivity index (χ1n) is 6.85. The Morgan fingerprint density at radius 3 is 2.60 bits per heavy atom. The number of amides is 2. The Balaban J connectivity index is 2.41. The molecule has 5 heteroatoms. The SMILES string of the molecule is CCC(C)C1NC(=O)C(C)N(c2ccccc2I)C1=O. The molecule has 1 aliphatic rings. The number of para-hydroxylation sites is 1. The van der Waals surface area contributed by atoms with Gasteiger partial charge in [0.1, 0.15) is 12.1 Å². The maximum atomic E-state index is 12.7. The van der Waals surface area contributed by atoms with Gasteiger partial charge >= 0.3 is 0 Å². The number of hydrogen-bond donors (Lipinski definition) is 1. The zero-order chi connectivity index (χ0) is 14.9. The molecule has 1 saturated heterocycles. The molecule has 3 atom stereocenters. The molecule has 3 unspecified atom stereocenters. The van der Waals surface area contributed by atoms with Crippen molar-refractivity contribution in [3.8, 4) is 0 Å². The van der Waals surface area contributed by atoms with Crippen molar-refractivity contribution < 1.29 is 9.59 Å². The molecule has 0 aromatic heterocycles. The third-order valence-electron chi connectivity index (χ3n) is 3.89. The zero-order valence-corrected chi connectivity index (χ0v) is 14.0. The van der Waals surface area contributed by atoms with Crippen LogP contribution in [0.15, 0.2) is 24.3 Å². The maximum absolute atomic E-state index is 12.7. The fourth-order valence-electron chi connectivity index (χ4n) is 2.39. The third kappa shape index (κ3) is 2.68. The smallest absolute Gasteiger partial charge is 0.250 e. The molecule has 1 aliphatic heterocycles. The van der Waals surface area contributed by atoms with Crippen LogP contribution in [0.4, 0.5) is 5.69 Å². The van der Waals surface area contributed by atoms with E-state index in [0.717, 1.165) is 15.7 Å². The second kappa shape index (κ2) is 6.11. The van der Waals surface area contributed by atoms with Crippen molar-refractivity contribution in [3.05, 3.63) is 27.8 Å². The normalized spacial score (nSPS) is 24.5. The molecule has 0 aliphatic carbocycles. The van der Waals surface area contributed by atoms with E-state index in [1.807, 2.05) is 38.1 Å². The van der Waals surface area contributed by atoms with Crippen LogP contribution in [0.3, 0.4) is 0 Å². The van der Waals surface area contributed by atoms with Crippen LogP contribution in [-0.4, -0.2) is 23.9 Å². The number of halogens is 1. The van der Waals surface area contributed by atoms with Crippen LogP contribution in [0.25, 0.3) is 0 Å². The Labute approximate surface area is 133 Å². The molecule has 0 radical (unpaired) electrons. The molecule has 2 rings (SSSR count). The minimum absolute atomic E-state index is 0.0180. The first-order chi connectivity index (χ1) is 9.47. The van der Waals surface area contributed by atoms with Gasteiger partial charge in [-0.1, -0.05) is 32.4 Å². The van der Waals surface area contributed by atoms with Crippen LogP contribution in [0.1, 0.15) is 27.2 Å². The van der Waals surface area contributed by atoms with Gasteiger partial charge < -0.3 is 5.32 Å². The highest BCUT2D eigenvalue weighted by Crippen LogP contribution is 2.28. The average molecular weight is 386 g/mol. The van der Waals surface area contributed by atoms with Crippen molar-refractivity contribution in [3.63, 3.8) is 0 Å². The lowest BCUT2D eigenvalue weighted by molar-refractivity contribution is -0.134. The Hall–Kier alpha value is -1.11. The summed E-state index contributed by atoms with van der Waals surface area (Å²) in [6.07, 6.45) is 0.852. The van der Waals surface area contributed by atoms with Gasteiger partial charge in [-0.2, -0.15) is 0 Å². The van der Waals surface area contributed by atoms with Crippen LogP contribution in [0.5, 0.6) is 0 Å². The van der Waals surface area contributed by atoms with E-state index in [4.69, 9.17) is 0 Å².